The second kappa shape index (κ2) is 10.8. The fraction of sp³-hybridized carbons (Fsp3) is 0.119. The van der Waals surface area contributed by atoms with Gasteiger partial charge in [-0.25, -0.2) is 4.99 Å². The summed E-state index contributed by atoms with van der Waals surface area (Å²) in [6, 6.07) is 42.1. The molecular formula is C42H34N2. The van der Waals surface area contributed by atoms with Gasteiger partial charge in [-0.1, -0.05) is 128 Å². The molecule has 2 aliphatic rings. The quantitative estimate of drug-likeness (QED) is 0.194. The molecule has 0 bridgehead atoms. The molecule has 1 aliphatic heterocycles. The maximum atomic E-state index is 5.23. The van der Waals surface area contributed by atoms with E-state index in [2.05, 4.69) is 158 Å². The Labute approximate surface area is 259 Å². The molecule has 0 fully saturated rings. The predicted octanol–water partition coefficient (Wildman–Crippen LogP) is 10.7. The van der Waals surface area contributed by atoms with Crippen LogP contribution < -0.4 is 0 Å². The van der Waals surface area contributed by atoms with Crippen molar-refractivity contribution in [3.63, 3.8) is 0 Å². The smallest absolute Gasteiger partial charge is 0.136 e. The first-order valence-electron chi connectivity index (χ1n) is 15.6. The van der Waals surface area contributed by atoms with Crippen molar-refractivity contribution in [1.82, 2.24) is 4.90 Å². The second-order valence-electron chi connectivity index (χ2n) is 12.1. The summed E-state index contributed by atoms with van der Waals surface area (Å²) in [7, 11) is 2.13. The molecule has 1 heterocycles. The van der Waals surface area contributed by atoms with E-state index in [0.29, 0.717) is 5.92 Å². The van der Waals surface area contributed by atoms with Gasteiger partial charge in [0.05, 0.1) is 5.70 Å². The highest BCUT2D eigenvalue weighted by Crippen LogP contribution is 2.38. The number of fused-ring (bicyclic) bond motifs is 6. The van der Waals surface area contributed by atoms with Gasteiger partial charge >= 0.3 is 0 Å². The molecule has 0 saturated carbocycles. The number of amidine groups is 1. The molecule has 8 rings (SSSR count). The van der Waals surface area contributed by atoms with Gasteiger partial charge in [0.1, 0.15) is 5.84 Å². The van der Waals surface area contributed by atoms with Crippen LogP contribution in [0, 0.1) is 5.92 Å². The number of nitrogens with zero attached hydrogens (tertiary/aromatic N) is 2. The average Bonchev–Trinajstić information content (AvgIpc) is 3.08. The van der Waals surface area contributed by atoms with Gasteiger partial charge in [-0.05, 0) is 85.1 Å². The largest absolute Gasteiger partial charge is 0.355 e. The van der Waals surface area contributed by atoms with E-state index in [-0.39, 0.29) is 0 Å². The number of aliphatic imine (C=N–C) groups is 1. The minimum absolute atomic E-state index is 0.530. The Hall–Kier alpha value is -5.21. The van der Waals surface area contributed by atoms with Crippen molar-refractivity contribution in [2.75, 3.05) is 13.6 Å². The van der Waals surface area contributed by atoms with Crippen LogP contribution in [0.1, 0.15) is 18.9 Å². The van der Waals surface area contributed by atoms with Gasteiger partial charge in [0.15, 0.2) is 0 Å². The van der Waals surface area contributed by atoms with Crippen molar-refractivity contribution in [3.05, 3.63) is 151 Å². The number of likely N-dealkylation sites (N-methyl/N-ethyl adjacent to an activating group) is 1. The summed E-state index contributed by atoms with van der Waals surface area (Å²) < 4.78 is 0. The van der Waals surface area contributed by atoms with Crippen LogP contribution in [-0.2, 0) is 0 Å². The maximum Gasteiger partial charge on any atom is 0.136 e. The van der Waals surface area contributed by atoms with E-state index in [9.17, 15) is 0 Å². The van der Waals surface area contributed by atoms with Crippen LogP contribution in [0.2, 0.25) is 0 Å². The third kappa shape index (κ3) is 4.55. The monoisotopic (exact) mass is 566 g/mol. The topological polar surface area (TPSA) is 15.6 Å². The van der Waals surface area contributed by atoms with E-state index in [0.717, 1.165) is 24.5 Å². The molecule has 0 radical (unpaired) electrons. The van der Waals surface area contributed by atoms with Crippen LogP contribution in [0.15, 0.2) is 150 Å². The Bertz CT molecular complexity index is 2180. The predicted molar refractivity (Wildman–Crippen MR) is 189 cm³/mol. The SMILES string of the molecule is CC1C=C(C2=NC(c3ccccc3-c3cccc(-c4ccc5c6ccccc6c6ccccc6c5c4)c3)=CCN2C)C=CC1. The number of benzene rings is 6. The summed E-state index contributed by atoms with van der Waals surface area (Å²) in [6.45, 7) is 3.11. The fourth-order valence-corrected chi connectivity index (χ4v) is 6.91. The number of allylic oxidation sites excluding steroid dienone is 2. The lowest BCUT2D eigenvalue weighted by molar-refractivity contribution is 0.558. The number of hydrogen-bond donors (Lipinski definition) is 0. The Kier molecular flexibility index (Phi) is 6.49. The van der Waals surface area contributed by atoms with Crippen LogP contribution in [0.5, 0.6) is 0 Å². The van der Waals surface area contributed by atoms with E-state index in [1.807, 2.05) is 0 Å². The van der Waals surface area contributed by atoms with Gasteiger partial charge in [0.2, 0.25) is 0 Å². The van der Waals surface area contributed by atoms with Crippen molar-refractivity contribution in [3.8, 4) is 22.3 Å². The van der Waals surface area contributed by atoms with E-state index < -0.39 is 0 Å². The zero-order chi connectivity index (χ0) is 29.6. The summed E-state index contributed by atoms with van der Waals surface area (Å²) in [4.78, 5) is 7.47. The molecular weight excluding hydrogens is 532 g/mol. The van der Waals surface area contributed by atoms with Gasteiger partial charge < -0.3 is 4.90 Å². The summed E-state index contributed by atoms with van der Waals surface area (Å²) >= 11 is 0. The Morgan fingerprint density at radius 2 is 1.23 bits per heavy atom. The molecule has 0 spiro atoms. The first-order valence-corrected chi connectivity index (χ1v) is 15.6. The van der Waals surface area contributed by atoms with Crippen molar-refractivity contribution in [1.29, 1.82) is 0 Å². The molecule has 2 heteroatoms. The first kappa shape index (κ1) is 26.4. The minimum Gasteiger partial charge on any atom is -0.355 e. The lowest BCUT2D eigenvalue weighted by Gasteiger charge is -2.27. The standard InChI is InChI=1S/C42H34N2/c1-28-11-9-14-32(25-28)42-43-41(23-24-44(42)2)39-20-8-3-15-33(39)31-13-10-12-29(26-31)30-21-22-38-36-18-5-4-16-34(36)35-17-6-7-19-37(35)40(38)27-30/h3-10,12-23,25-28H,11,24H2,1-2H3. The average molecular weight is 567 g/mol. The van der Waals surface area contributed by atoms with E-state index in [1.54, 1.807) is 0 Å². The van der Waals surface area contributed by atoms with Gasteiger partial charge in [-0.15, -0.1) is 0 Å². The number of rotatable bonds is 4. The molecule has 1 unspecified atom stereocenters. The summed E-state index contributed by atoms with van der Waals surface area (Å²) in [6.07, 6.45) is 10.2. The third-order valence-corrected chi connectivity index (χ3v) is 9.13. The van der Waals surface area contributed by atoms with Crippen LogP contribution in [0.3, 0.4) is 0 Å². The highest BCUT2D eigenvalue weighted by atomic mass is 15.2. The Balaban J connectivity index is 1.22. The van der Waals surface area contributed by atoms with Gasteiger partial charge in [0, 0.05) is 24.7 Å². The van der Waals surface area contributed by atoms with Crippen LogP contribution in [0.25, 0.3) is 60.3 Å². The number of hydrogen-bond acceptors (Lipinski definition) is 2. The normalized spacial score (nSPS) is 16.7. The third-order valence-electron chi connectivity index (χ3n) is 9.13. The van der Waals surface area contributed by atoms with Gasteiger partial charge in [-0.3, -0.25) is 0 Å². The Morgan fingerprint density at radius 1 is 0.614 bits per heavy atom. The molecule has 1 atom stereocenters. The van der Waals surface area contributed by atoms with Crippen molar-refractivity contribution in [2.45, 2.75) is 13.3 Å². The molecule has 1 aliphatic carbocycles. The summed E-state index contributed by atoms with van der Waals surface area (Å²) in [5.41, 5.74) is 8.25. The molecule has 44 heavy (non-hydrogen) atoms. The van der Waals surface area contributed by atoms with Crippen LogP contribution in [-0.4, -0.2) is 24.3 Å². The van der Waals surface area contributed by atoms with Crippen molar-refractivity contribution < 1.29 is 0 Å². The highest BCUT2D eigenvalue weighted by Gasteiger charge is 2.20. The molecule has 6 aromatic carbocycles. The van der Waals surface area contributed by atoms with E-state index >= 15 is 0 Å². The van der Waals surface area contributed by atoms with Crippen LogP contribution in [0.4, 0.5) is 0 Å². The van der Waals surface area contributed by atoms with Gasteiger partial charge in [-0.2, -0.15) is 0 Å². The lowest BCUT2D eigenvalue weighted by Crippen LogP contribution is -2.31. The Morgan fingerprint density at radius 3 is 1.95 bits per heavy atom. The maximum absolute atomic E-state index is 5.23. The van der Waals surface area contributed by atoms with Gasteiger partial charge in [0.25, 0.3) is 0 Å². The summed E-state index contributed by atoms with van der Waals surface area (Å²) in [5.74, 6) is 1.58. The zero-order valence-electron chi connectivity index (χ0n) is 25.2. The molecule has 0 saturated heterocycles. The van der Waals surface area contributed by atoms with Crippen molar-refractivity contribution in [2.24, 2.45) is 10.9 Å². The fourth-order valence-electron chi connectivity index (χ4n) is 6.91. The minimum atomic E-state index is 0.530. The summed E-state index contributed by atoms with van der Waals surface area (Å²) in [5, 5.41) is 7.79. The molecule has 2 nitrogen and oxygen atoms in total. The molecule has 0 amide bonds. The molecule has 0 aromatic heterocycles. The van der Waals surface area contributed by atoms with E-state index in [1.165, 1.54) is 65.7 Å². The molecule has 0 N–H and O–H groups in total. The van der Waals surface area contributed by atoms with Crippen LogP contribution >= 0.6 is 0 Å². The highest BCUT2D eigenvalue weighted by molar-refractivity contribution is 6.25. The molecule has 6 aromatic rings. The lowest BCUT2D eigenvalue weighted by atomic mass is 9.91. The molecule has 212 valence electrons. The zero-order valence-corrected chi connectivity index (χ0v) is 25.2. The van der Waals surface area contributed by atoms with Crippen molar-refractivity contribution >= 4 is 43.9 Å². The van der Waals surface area contributed by atoms with E-state index in [4.69, 9.17) is 4.99 Å². The first-order chi connectivity index (χ1) is 21.6. The second-order valence-corrected chi connectivity index (χ2v) is 12.1.